The number of aromatic nitrogens is 1. The van der Waals surface area contributed by atoms with E-state index in [1.807, 2.05) is 0 Å². The molecule has 0 saturated heterocycles. The molecule has 0 fully saturated rings. The van der Waals surface area contributed by atoms with Gasteiger partial charge in [0.2, 0.25) is 0 Å². The number of oxazole rings is 1. The van der Waals surface area contributed by atoms with Gasteiger partial charge in [-0.15, -0.1) is 0 Å². The molecule has 1 atom stereocenters. The van der Waals surface area contributed by atoms with Crippen molar-refractivity contribution in [2.45, 2.75) is 32.0 Å². The van der Waals surface area contributed by atoms with Gasteiger partial charge in [-0.3, -0.25) is 0 Å². The van der Waals surface area contributed by atoms with E-state index in [-0.39, 0.29) is 0 Å². The molecule has 0 aliphatic heterocycles. The molecule has 1 unspecified atom stereocenters. The van der Waals surface area contributed by atoms with E-state index in [9.17, 15) is 18.3 Å². The molecule has 0 aliphatic carbocycles. The number of alkyl halides is 3. The average molecular weight is 285 g/mol. The quantitative estimate of drug-likeness (QED) is 0.938. The minimum atomic E-state index is -4.33. The Labute approximate surface area is 114 Å². The molecular formula is C14H14F3NO2. The molecule has 3 nitrogen and oxygen atoms in total. The van der Waals surface area contributed by atoms with Gasteiger partial charge in [0, 0.05) is 12.8 Å². The Morgan fingerprint density at radius 2 is 1.90 bits per heavy atom. The highest BCUT2D eigenvalue weighted by Crippen LogP contribution is 2.29. The van der Waals surface area contributed by atoms with E-state index in [1.165, 1.54) is 18.4 Å². The van der Waals surface area contributed by atoms with E-state index in [0.29, 0.717) is 30.0 Å². The molecule has 0 spiro atoms. The number of aliphatic hydroxyl groups is 1. The Morgan fingerprint density at radius 1 is 1.25 bits per heavy atom. The third-order valence-electron chi connectivity index (χ3n) is 2.74. The van der Waals surface area contributed by atoms with Gasteiger partial charge in [-0.1, -0.05) is 12.1 Å². The van der Waals surface area contributed by atoms with Gasteiger partial charge in [-0.2, -0.15) is 13.2 Å². The fraction of sp³-hybridized carbons (Fsp3) is 0.357. The van der Waals surface area contributed by atoms with Gasteiger partial charge in [-0.25, -0.2) is 4.98 Å². The molecule has 0 aliphatic rings. The van der Waals surface area contributed by atoms with Gasteiger partial charge in [0.25, 0.3) is 0 Å². The van der Waals surface area contributed by atoms with Crippen molar-refractivity contribution >= 4 is 0 Å². The van der Waals surface area contributed by atoms with E-state index in [0.717, 1.165) is 12.1 Å². The number of hydrogen-bond acceptors (Lipinski definition) is 3. The van der Waals surface area contributed by atoms with Gasteiger partial charge in [0.1, 0.15) is 6.26 Å². The molecule has 0 bridgehead atoms. The maximum atomic E-state index is 12.4. The van der Waals surface area contributed by atoms with Crippen molar-refractivity contribution in [2.75, 3.05) is 0 Å². The van der Waals surface area contributed by atoms with Crippen LogP contribution in [0.25, 0.3) is 0 Å². The summed E-state index contributed by atoms with van der Waals surface area (Å²) < 4.78 is 42.5. The van der Waals surface area contributed by atoms with Crippen molar-refractivity contribution in [2.24, 2.45) is 0 Å². The summed E-state index contributed by atoms with van der Waals surface area (Å²) in [5, 5.41) is 9.22. The highest BCUT2D eigenvalue weighted by Gasteiger charge is 2.29. The molecule has 20 heavy (non-hydrogen) atoms. The second-order valence-electron chi connectivity index (χ2n) is 4.66. The summed E-state index contributed by atoms with van der Waals surface area (Å²) in [5.41, 5.74) is 0.633. The van der Waals surface area contributed by atoms with Crippen molar-refractivity contribution in [3.63, 3.8) is 0 Å². The summed E-state index contributed by atoms with van der Waals surface area (Å²) >= 11 is 0. The molecule has 2 aromatic rings. The molecule has 0 saturated carbocycles. The van der Waals surface area contributed by atoms with E-state index in [1.54, 1.807) is 6.92 Å². The van der Waals surface area contributed by atoms with Crippen molar-refractivity contribution in [1.29, 1.82) is 0 Å². The lowest BCUT2D eigenvalue weighted by atomic mass is 10.1. The average Bonchev–Trinajstić information content (AvgIpc) is 2.75. The Balaban J connectivity index is 2.05. The first-order valence-corrected chi connectivity index (χ1v) is 6.12. The van der Waals surface area contributed by atoms with Crippen LogP contribution in [0.3, 0.4) is 0 Å². The number of hydrogen-bond donors (Lipinski definition) is 1. The largest absolute Gasteiger partial charge is 0.448 e. The second kappa shape index (κ2) is 5.66. The maximum absolute atomic E-state index is 12.4. The molecular weight excluding hydrogens is 271 g/mol. The highest BCUT2D eigenvalue weighted by molar-refractivity contribution is 5.26. The van der Waals surface area contributed by atoms with Gasteiger partial charge >= 0.3 is 6.18 Å². The van der Waals surface area contributed by atoms with Crippen LogP contribution in [0, 0.1) is 0 Å². The normalized spacial score (nSPS) is 13.4. The number of rotatable bonds is 4. The third kappa shape index (κ3) is 3.84. The molecule has 0 radical (unpaired) electrons. The zero-order valence-corrected chi connectivity index (χ0v) is 10.8. The van der Waals surface area contributed by atoms with Crippen LogP contribution >= 0.6 is 0 Å². The Hall–Kier alpha value is -1.82. The lowest BCUT2D eigenvalue weighted by Crippen LogP contribution is -2.05. The van der Waals surface area contributed by atoms with Crippen LogP contribution in [0.2, 0.25) is 0 Å². The van der Waals surface area contributed by atoms with Crippen LogP contribution in [0.15, 0.2) is 34.9 Å². The molecule has 1 aromatic carbocycles. The lowest BCUT2D eigenvalue weighted by molar-refractivity contribution is -0.137. The van der Waals surface area contributed by atoms with Crippen molar-refractivity contribution in [3.05, 3.63) is 53.2 Å². The molecule has 0 amide bonds. The second-order valence-corrected chi connectivity index (χ2v) is 4.66. The molecule has 1 aromatic heterocycles. The molecule has 2 rings (SSSR count). The smallest absolute Gasteiger partial charge is 0.416 e. The Kier molecular flexibility index (Phi) is 4.13. The van der Waals surface area contributed by atoms with Gasteiger partial charge in [0.15, 0.2) is 5.89 Å². The summed E-state index contributed by atoms with van der Waals surface area (Å²) in [6.07, 6.45) is -2.69. The SMILES string of the molecule is CC(O)Cc1coc(Cc2ccc(C(F)(F)F)cc2)n1. The van der Waals surface area contributed by atoms with Crippen LogP contribution in [-0.4, -0.2) is 16.2 Å². The topological polar surface area (TPSA) is 46.3 Å². The van der Waals surface area contributed by atoms with E-state index in [4.69, 9.17) is 4.42 Å². The predicted molar refractivity (Wildman–Crippen MR) is 66.1 cm³/mol. The number of nitrogens with zero attached hydrogens (tertiary/aromatic N) is 1. The molecule has 1 heterocycles. The van der Waals surface area contributed by atoms with Crippen LogP contribution in [0.1, 0.15) is 29.6 Å². The van der Waals surface area contributed by atoms with Crippen LogP contribution in [0.4, 0.5) is 13.2 Å². The summed E-state index contributed by atoms with van der Waals surface area (Å²) in [5.74, 6) is 0.417. The molecule has 1 N–H and O–H groups in total. The Morgan fingerprint density at radius 3 is 2.45 bits per heavy atom. The zero-order chi connectivity index (χ0) is 14.8. The van der Waals surface area contributed by atoms with Crippen molar-refractivity contribution in [3.8, 4) is 0 Å². The maximum Gasteiger partial charge on any atom is 0.416 e. The summed E-state index contributed by atoms with van der Waals surface area (Å²) in [7, 11) is 0. The number of halogens is 3. The van der Waals surface area contributed by atoms with Gasteiger partial charge in [-0.05, 0) is 24.6 Å². The fourth-order valence-corrected chi connectivity index (χ4v) is 1.81. The first kappa shape index (κ1) is 14.6. The third-order valence-corrected chi connectivity index (χ3v) is 2.74. The van der Waals surface area contributed by atoms with E-state index >= 15 is 0 Å². The summed E-state index contributed by atoms with van der Waals surface area (Å²) in [6, 6.07) is 4.88. The first-order chi connectivity index (χ1) is 9.34. The van der Waals surface area contributed by atoms with Crippen LogP contribution < -0.4 is 0 Å². The van der Waals surface area contributed by atoms with Crippen LogP contribution in [0.5, 0.6) is 0 Å². The van der Waals surface area contributed by atoms with Gasteiger partial charge in [0.05, 0.1) is 17.4 Å². The van der Waals surface area contributed by atoms with E-state index in [2.05, 4.69) is 4.98 Å². The number of benzene rings is 1. The molecule has 108 valence electrons. The fourth-order valence-electron chi connectivity index (χ4n) is 1.81. The number of aliphatic hydroxyl groups excluding tert-OH is 1. The van der Waals surface area contributed by atoms with Crippen molar-refractivity contribution < 1.29 is 22.7 Å². The summed E-state index contributed by atoms with van der Waals surface area (Å²) in [6.45, 7) is 1.64. The van der Waals surface area contributed by atoms with E-state index < -0.39 is 17.8 Å². The van der Waals surface area contributed by atoms with Crippen molar-refractivity contribution in [1.82, 2.24) is 4.98 Å². The standard InChI is InChI=1S/C14H14F3NO2/c1-9(19)6-12-8-20-13(18-12)7-10-2-4-11(5-3-10)14(15,16)17/h2-5,8-9,19H,6-7H2,1H3. The van der Waals surface area contributed by atoms with Crippen LogP contribution in [-0.2, 0) is 19.0 Å². The zero-order valence-electron chi connectivity index (χ0n) is 10.8. The lowest BCUT2D eigenvalue weighted by Gasteiger charge is -2.06. The monoisotopic (exact) mass is 285 g/mol. The Bertz CT molecular complexity index is 559. The van der Waals surface area contributed by atoms with Gasteiger partial charge < -0.3 is 9.52 Å². The minimum Gasteiger partial charge on any atom is -0.448 e. The predicted octanol–water partition coefficient (Wildman–Crippen LogP) is 3.21. The molecule has 6 heteroatoms. The minimum absolute atomic E-state index is 0.317. The highest BCUT2D eigenvalue weighted by atomic mass is 19.4. The first-order valence-electron chi connectivity index (χ1n) is 6.12. The summed E-state index contributed by atoms with van der Waals surface area (Å²) in [4.78, 5) is 4.17.